The van der Waals surface area contributed by atoms with Gasteiger partial charge in [-0.1, -0.05) is 102 Å². The van der Waals surface area contributed by atoms with Crippen LogP contribution in [-0.4, -0.2) is 0 Å². The molecule has 0 aliphatic carbocycles. The summed E-state index contributed by atoms with van der Waals surface area (Å²) >= 11 is 0. The molecule has 0 radical (unpaired) electrons. The van der Waals surface area contributed by atoms with Crippen LogP contribution in [0, 0.1) is 0 Å². The number of hydrogen-bond donors (Lipinski definition) is 0. The van der Waals surface area contributed by atoms with Crippen LogP contribution in [0.5, 0.6) is 0 Å². The van der Waals surface area contributed by atoms with Crippen molar-refractivity contribution in [2.45, 2.75) is 85.5 Å². The molecule has 2 rings (SSSR count). The number of rotatable bonds is 9. The van der Waals surface area contributed by atoms with Crippen LogP contribution in [0.15, 0.2) is 48.5 Å². The van der Waals surface area contributed by atoms with E-state index in [1.54, 1.807) is 0 Å². The summed E-state index contributed by atoms with van der Waals surface area (Å²) in [4.78, 5) is 0. The van der Waals surface area contributed by atoms with Crippen molar-refractivity contribution >= 4 is 0 Å². The first-order valence-electron chi connectivity index (χ1n) is 10.4. The largest absolute Gasteiger partial charge is 0.0683 e. The molecule has 0 bridgehead atoms. The molecule has 0 aromatic heterocycles. The molecule has 0 nitrogen and oxygen atoms in total. The lowest BCUT2D eigenvalue weighted by Gasteiger charge is -2.11. The van der Waals surface area contributed by atoms with E-state index in [1.807, 2.05) is 13.8 Å². The Morgan fingerprint density at radius 2 is 1.40 bits per heavy atom. The van der Waals surface area contributed by atoms with E-state index < -0.39 is 0 Å². The van der Waals surface area contributed by atoms with Crippen LogP contribution in [-0.2, 0) is 12.8 Å². The molecule has 0 amide bonds. The fourth-order valence-corrected chi connectivity index (χ4v) is 3.13. The molecule has 2 aromatic rings. The lowest BCUT2D eigenvalue weighted by atomic mass is 9.94. The summed E-state index contributed by atoms with van der Waals surface area (Å²) in [6.07, 6.45) is 8.83. The van der Waals surface area contributed by atoms with Gasteiger partial charge in [0.15, 0.2) is 0 Å². The van der Waals surface area contributed by atoms with Gasteiger partial charge in [-0.25, -0.2) is 0 Å². The third-order valence-electron chi connectivity index (χ3n) is 4.85. The van der Waals surface area contributed by atoms with Crippen LogP contribution in [0.1, 0.15) is 94.9 Å². The summed E-state index contributed by atoms with van der Waals surface area (Å²) < 4.78 is 0. The van der Waals surface area contributed by atoms with Gasteiger partial charge < -0.3 is 0 Å². The molecule has 2 aromatic carbocycles. The molecular weight excluding hydrogens is 300 g/mol. The van der Waals surface area contributed by atoms with Gasteiger partial charge in [-0.2, -0.15) is 0 Å². The molecule has 1 atom stereocenters. The average Bonchev–Trinajstić information content (AvgIpc) is 2.67. The Hall–Kier alpha value is -1.56. The Morgan fingerprint density at radius 3 is 2.08 bits per heavy atom. The molecule has 25 heavy (non-hydrogen) atoms. The topological polar surface area (TPSA) is 0 Å². The van der Waals surface area contributed by atoms with Crippen LogP contribution in [0.25, 0.3) is 0 Å². The van der Waals surface area contributed by atoms with Gasteiger partial charge in [0.1, 0.15) is 0 Å². The van der Waals surface area contributed by atoms with Crippen LogP contribution < -0.4 is 0 Å². The Bertz CT molecular complexity index is 582. The highest BCUT2D eigenvalue weighted by molar-refractivity contribution is 5.32. The molecule has 0 aliphatic heterocycles. The third kappa shape index (κ3) is 7.90. The van der Waals surface area contributed by atoms with Crippen molar-refractivity contribution in [2.75, 3.05) is 0 Å². The van der Waals surface area contributed by atoms with E-state index in [4.69, 9.17) is 0 Å². The molecule has 0 heteroatoms. The van der Waals surface area contributed by atoms with Gasteiger partial charge >= 0.3 is 0 Å². The first-order chi connectivity index (χ1) is 12.2. The van der Waals surface area contributed by atoms with E-state index in [9.17, 15) is 0 Å². The molecule has 0 aliphatic rings. The minimum atomic E-state index is 0.653. The van der Waals surface area contributed by atoms with Crippen molar-refractivity contribution in [1.82, 2.24) is 0 Å². The van der Waals surface area contributed by atoms with Gasteiger partial charge in [0.05, 0.1) is 0 Å². The fourth-order valence-electron chi connectivity index (χ4n) is 3.13. The summed E-state index contributed by atoms with van der Waals surface area (Å²) in [5.41, 5.74) is 5.85. The highest BCUT2D eigenvalue weighted by Gasteiger charge is 2.04. The molecule has 0 saturated heterocycles. The van der Waals surface area contributed by atoms with Crippen molar-refractivity contribution in [3.05, 3.63) is 70.8 Å². The zero-order chi connectivity index (χ0) is 18.5. The van der Waals surface area contributed by atoms with Crippen molar-refractivity contribution in [3.63, 3.8) is 0 Å². The minimum Gasteiger partial charge on any atom is -0.0683 e. The lowest BCUT2D eigenvalue weighted by molar-refractivity contribution is 0.666. The quantitative estimate of drug-likeness (QED) is 0.407. The van der Waals surface area contributed by atoms with Gasteiger partial charge in [-0.05, 0) is 53.9 Å². The van der Waals surface area contributed by atoms with E-state index in [1.165, 1.54) is 60.8 Å². The molecule has 0 spiro atoms. The molecule has 0 N–H and O–H groups in total. The average molecular weight is 339 g/mol. The molecule has 1 unspecified atom stereocenters. The van der Waals surface area contributed by atoms with Gasteiger partial charge in [0, 0.05) is 0 Å². The zero-order valence-corrected chi connectivity index (χ0v) is 17.1. The van der Waals surface area contributed by atoms with Gasteiger partial charge in [0.25, 0.3) is 0 Å². The molecule has 0 heterocycles. The van der Waals surface area contributed by atoms with E-state index in [2.05, 4.69) is 69.3 Å². The number of benzene rings is 2. The molecule has 138 valence electrons. The second-order valence-corrected chi connectivity index (χ2v) is 6.86. The highest BCUT2D eigenvalue weighted by Crippen LogP contribution is 2.21. The second kappa shape index (κ2) is 12.8. The predicted molar refractivity (Wildman–Crippen MR) is 114 cm³/mol. The van der Waals surface area contributed by atoms with Crippen LogP contribution in [0.3, 0.4) is 0 Å². The van der Waals surface area contributed by atoms with Gasteiger partial charge in [-0.3, -0.25) is 0 Å². The molecular formula is C25H38. The van der Waals surface area contributed by atoms with Crippen LogP contribution in [0.4, 0.5) is 0 Å². The zero-order valence-electron chi connectivity index (χ0n) is 17.1. The smallest absolute Gasteiger partial charge is 0.00256 e. The summed E-state index contributed by atoms with van der Waals surface area (Å²) in [5.74, 6) is 0.653. The Labute approximate surface area is 156 Å². The first-order valence-corrected chi connectivity index (χ1v) is 10.4. The van der Waals surface area contributed by atoms with Crippen LogP contribution in [0.2, 0.25) is 0 Å². The second-order valence-electron chi connectivity index (χ2n) is 6.86. The van der Waals surface area contributed by atoms with Gasteiger partial charge in [0.2, 0.25) is 0 Å². The maximum atomic E-state index is 2.40. The first kappa shape index (κ1) is 21.5. The Kier molecular flexibility index (Phi) is 11.0. The Morgan fingerprint density at radius 1 is 0.760 bits per heavy atom. The van der Waals surface area contributed by atoms with Gasteiger partial charge in [-0.15, -0.1) is 0 Å². The standard InChI is InChI=1S/C23H32.C2H6/c1-4-6-7-8-11-20-12-9-13-21(16-20)17-22-14-10-15-23(18-22)19(3)5-2;1-2/h9-10,12-16,18-19H,4-8,11,17H2,1-3H3;1-2H3. The monoisotopic (exact) mass is 338 g/mol. The lowest BCUT2D eigenvalue weighted by Crippen LogP contribution is -1.95. The molecule has 0 saturated carbocycles. The van der Waals surface area contributed by atoms with Crippen molar-refractivity contribution in [1.29, 1.82) is 0 Å². The van der Waals surface area contributed by atoms with E-state index in [-0.39, 0.29) is 0 Å². The Balaban J connectivity index is 0.00000151. The SMILES string of the molecule is CC.CCCCCCc1cccc(Cc2cccc(C(C)CC)c2)c1. The highest BCUT2D eigenvalue weighted by atomic mass is 14.1. The molecule has 0 fully saturated rings. The van der Waals surface area contributed by atoms with E-state index >= 15 is 0 Å². The third-order valence-corrected chi connectivity index (χ3v) is 4.85. The van der Waals surface area contributed by atoms with Crippen LogP contribution >= 0.6 is 0 Å². The summed E-state index contributed by atoms with van der Waals surface area (Å²) in [6.45, 7) is 10.9. The van der Waals surface area contributed by atoms with E-state index in [0.29, 0.717) is 5.92 Å². The van der Waals surface area contributed by atoms with Crippen molar-refractivity contribution < 1.29 is 0 Å². The van der Waals surface area contributed by atoms with E-state index in [0.717, 1.165) is 6.42 Å². The number of unbranched alkanes of at least 4 members (excludes halogenated alkanes) is 3. The summed E-state index contributed by atoms with van der Waals surface area (Å²) in [5, 5.41) is 0. The van der Waals surface area contributed by atoms with Crippen molar-refractivity contribution in [3.8, 4) is 0 Å². The number of aryl methyl sites for hydroxylation is 1. The maximum absolute atomic E-state index is 2.40. The minimum absolute atomic E-state index is 0.653. The summed E-state index contributed by atoms with van der Waals surface area (Å²) in [6, 6.07) is 18.3. The fraction of sp³-hybridized carbons (Fsp3) is 0.520. The predicted octanol–water partition coefficient (Wildman–Crippen LogP) is 7.94. The number of hydrogen-bond acceptors (Lipinski definition) is 0. The summed E-state index contributed by atoms with van der Waals surface area (Å²) in [7, 11) is 0. The normalized spacial score (nSPS) is 11.6. The van der Waals surface area contributed by atoms with Crippen molar-refractivity contribution in [2.24, 2.45) is 0 Å². The maximum Gasteiger partial charge on any atom is -0.00256 e.